The van der Waals surface area contributed by atoms with E-state index in [0.717, 1.165) is 17.1 Å². The van der Waals surface area contributed by atoms with Gasteiger partial charge in [-0.3, -0.25) is 0 Å². The lowest BCUT2D eigenvalue weighted by Gasteiger charge is -2.13. The van der Waals surface area contributed by atoms with Gasteiger partial charge in [-0.15, -0.1) is 0 Å². The van der Waals surface area contributed by atoms with Crippen LogP contribution in [-0.4, -0.2) is 9.97 Å². The van der Waals surface area contributed by atoms with E-state index in [4.69, 9.17) is 10.00 Å². The van der Waals surface area contributed by atoms with E-state index in [9.17, 15) is 0 Å². The number of nitrogens with zero attached hydrogens (tertiary/aromatic N) is 3. The van der Waals surface area contributed by atoms with Crippen molar-refractivity contribution in [3.63, 3.8) is 0 Å². The summed E-state index contributed by atoms with van der Waals surface area (Å²) in [5.41, 5.74) is 2.19. The molecule has 1 aromatic heterocycles. The van der Waals surface area contributed by atoms with Crippen molar-refractivity contribution in [1.29, 1.82) is 5.26 Å². The van der Waals surface area contributed by atoms with Crippen molar-refractivity contribution in [3.8, 4) is 17.6 Å². The number of hydrogen-bond donors (Lipinski definition) is 2. The van der Waals surface area contributed by atoms with Crippen LogP contribution in [0.2, 0.25) is 0 Å². The first-order valence-corrected chi connectivity index (χ1v) is 8.99. The van der Waals surface area contributed by atoms with Gasteiger partial charge in [0.15, 0.2) is 5.75 Å². The van der Waals surface area contributed by atoms with Gasteiger partial charge in [0.1, 0.15) is 11.6 Å². The Morgan fingerprint density at radius 3 is 2.34 bits per heavy atom. The molecule has 0 spiro atoms. The molecular weight excluding hydrogens is 362 g/mol. The maximum Gasteiger partial charge on any atom is 0.229 e. The Hall–Kier alpha value is -4.37. The van der Waals surface area contributed by atoms with Crippen LogP contribution in [0.1, 0.15) is 5.56 Å². The molecule has 2 N–H and O–H groups in total. The van der Waals surface area contributed by atoms with Crippen molar-refractivity contribution in [1.82, 2.24) is 9.97 Å². The van der Waals surface area contributed by atoms with Crippen molar-refractivity contribution in [2.45, 2.75) is 0 Å². The molecule has 0 bridgehead atoms. The van der Waals surface area contributed by atoms with Crippen molar-refractivity contribution < 1.29 is 4.74 Å². The van der Waals surface area contributed by atoms with Gasteiger partial charge in [-0.05, 0) is 54.6 Å². The van der Waals surface area contributed by atoms with Gasteiger partial charge < -0.3 is 15.4 Å². The lowest BCUT2D eigenvalue weighted by atomic mass is 10.2. The molecule has 29 heavy (non-hydrogen) atoms. The minimum atomic E-state index is 0.446. The fraction of sp³-hybridized carbons (Fsp3) is 0. The zero-order valence-electron chi connectivity index (χ0n) is 15.4. The average molecular weight is 379 g/mol. The maximum atomic E-state index is 8.90. The molecule has 6 nitrogen and oxygen atoms in total. The third-order valence-electron chi connectivity index (χ3n) is 4.05. The highest BCUT2D eigenvalue weighted by atomic mass is 16.5. The largest absolute Gasteiger partial charge is 0.455 e. The molecule has 3 aromatic carbocycles. The first-order chi connectivity index (χ1) is 14.3. The van der Waals surface area contributed by atoms with Crippen LogP contribution >= 0.6 is 0 Å². The van der Waals surface area contributed by atoms with Crippen LogP contribution in [0.5, 0.6) is 11.5 Å². The van der Waals surface area contributed by atoms with E-state index in [1.54, 1.807) is 24.4 Å². The van der Waals surface area contributed by atoms with Gasteiger partial charge in [0.05, 0.1) is 17.3 Å². The van der Waals surface area contributed by atoms with Gasteiger partial charge in [-0.1, -0.05) is 30.3 Å². The second kappa shape index (κ2) is 8.55. The second-order valence-electron chi connectivity index (χ2n) is 6.12. The highest BCUT2D eigenvalue weighted by Gasteiger charge is 2.07. The van der Waals surface area contributed by atoms with Gasteiger partial charge in [0, 0.05) is 11.9 Å². The number of ether oxygens (including phenoxy) is 1. The molecule has 0 amide bonds. The summed E-state index contributed by atoms with van der Waals surface area (Å²) >= 11 is 0. The third kappa shape index (κ3) is 4.67. The lowest BCUT2D eigenvalue weighted by molar-refractivity contribution is 0.485. The van der Waals surface area contributed by atoms with Crippen molar-refractivity contribution in [3.05, 3.63) is 96.7 Å². The molecule has 4 aromatic rings. The summed E-state index contributed by atoms with van der Waals surface area (Å²) in [6.45, 7) is 0. The normalized spacial score (nSPS) is 10.0. The van der Waals surface area contributed by atoms with E-state index in [-0.39, 0.29) is 0 Å². The van der Waals surface area contributed by atoms with E-state index < -0.39 is 0 Å². The summed E-state index contributed by atoms with van der Waals surface area (Å²) in [4.78, 5) is 8.75. The van der Waals surface area contributed by atoms with Crippen LogP contribution in [0.3, 0.4) is 0 Å². The predicted molar refractivity (Wildman–Crippen MR) is 113 cm³/mol. The van der Waals surface area contributed by atoms with Crippen LogP contribution in [0.4, 0.5) is 23.1 Å². The third-order valence-corrected chi connectivity index (χ3v) is 4.05. The van der Waals surface area contributed by atoms with Gasteiger partial charge in [-0.25, -0.2) is 4.98 Å². The second-order valence-corrected chi connectivity index (χ2v) is 6.12. The lowest BCUT2D eigenvalue weighted by Crippen LogP contribution is -2.01. The van der Waals surface area contributed by atoms with Crippen LogP contribution in [0.25, 0.3) is 0 Å². The van der Waals surface area contributed by atoms with Crippen LogP contribution < -0.4 is 15.4 Å². The quantitative estimate of drug-likeness (QED) is 0.452. The molecule has 6 heteroatoms. The van der Waals surface area contributed by atoms with E-state index in [0.29, 0.717) is 23.1 Å². The van der Waals surface area contributed by atoms with E-state index in [2.05, 4.69) is 26.7 Å². The molecule has 1 heterocycles. The fourth-order valence-electron chi connectivity index (χ4n) is 2.66. The Labute approximate surface area is 168 Å². The predicted octanol–water partition coefficient (Wildman–Crippen LogP) is 5.63. The number of benzene rings is 3. The van der Waals surface area contributed by atoms with E-state index >= 15 is 0 Å². The van der Waals surface area contributed by atoms with Gasteiger partial charge >= 0.3 is 0 Å². The molecule has 0 saturated heterocycles. The van der Waals surface area contributed by atoms with Crippen molar-refractivity contribution in [2.75, 3.05) is 10.6 Å². The molecule has 0 saturated carbocycles. The summed E-state index contributed by atoms with van der Waals surface area (Å²) < 4.78 is 5.98. The molecule has 0 unspecified atom stereocenters. The highest BCUT2D eigenvalue weighted by Crippen LogP contribution is 2.31. The Bertz CT molecular complexity index is 1140. The van der Waals surface area contributed by atoms with Crippen LogP contribution in [0, 0.1) is 11.3 Å². The Morgan fingerprint density at radius 1 is 0.793 bits per heavy atom. The van der Waals surface area contributed by atoms with Gasteiger partial charge in [0.25, 0.3) is 0 Å². The van der Waals surface area contributed by atoms with Gasteiger partial charge in [-0.2, -0.15) is 10.2 Å². The summed E-state index contributed by atoms with van der Waals surface area (Å²) in [6, 6.07) is 28.2. The number of anilines is 4. The monoisotopic (exact) mass is 379 g/mol. The molecule has 0 radical (unpaired) electrons. The summed E-state index contributed by atoms with van der Waals surface area (Å²) in [5, 5.41) is 15.3. The number of nitrogens with one attached hydrogen (secondary N) is 2. The molecule has 0 fully saturated rings. The maximum absolute atomic E-state index is 8.90. The highest BCUT2D eigenvalue weighted by molar-refractivity contribution is 5.65. The first kappa shape index (κ1) is 18.0. The zero-order chi connectivity index (χ0) is 19.9. The van der Waals surface area contributed by atoms with Crippen LogP contribution in [0.15, 0.2) is 91.1 Å². The molecule has 4 rings (SSSR count). The number of para-hydroxylation sites is 3. The Kier molecular flexibility index (Phi) is 5.31. The molecular formula is C23H17N5O. The number of hydrogen-bond acceptors (Lipinski definition) is 6. The first-order valence-electron chi connectivity index (χ1n) is 8.99. The fourth-order valence-corrected chi connectivity index (χ4v) is 2.66. The smallest absolute Gasteiger partial charge is 0.229 e. The minimum Gasteiger partial charge on any atom is -0.455 e. The van der Waals surface area contributed by atoms with Crippen molar-refractivity contribution >= 4 is 23.1 Å². The molecule has 0 atom stereocenters. The number of nitriles is 1. The number of aromatic nitrogens is 2. The zero-order valence-corrected chi connectivity index (χ0v) is 15.4. The number of rotatable bonds is 6. The molecule has 140 valence electrons. The minimum absolute atomic E-state index is 0.446. The van der Waals surface area contributed by atoms with Crippen LogP contribution in [-0.2, 0) is 0 Å². The topological polar surface area (TPSA) is 82.9 Å². The van der Waals surface area contributed by atoms with Crippen molar-refractivity contribution in [2.24, 2.45) is 0 Å². The van der Waals surface area contributed by atoms with Gasteiger partial charge in [0.2, 0.25) is 5.95 Å². The Balaban J connectivity index is 1.51. The van der Waals surface area contributed by atoms with E-state index in [1.807, 2.05) is 66.7 Å². The standard InChI is InChI=1S/C23H17N5O/c24-16-17-10-12-18(13-11-17)26-23-25-15-14-22(28-23)27-20-8-4-5-9-21(20)29-19-6-2-1-3-7-19/h1-15H,(H2,25,26,27,28). The molecule has 0 aliphatic heterocycles. The molecule has 0 aliphatic carbocycles. The average Bonchev–Trinajstić information content (AvgIpc) is 2.77. The summed E-state index contributed by atoms with van der Waals surface area (Å²) in [7, 11) is 0. The SMILES string of the molecule is N#Cc1ccc(Nc2nccc(Nc3ccccc3Oc3ccccc3)n2)cc1. The summed E-state index contributed by atoms with van der Waals surface area (Å²) in [5.74, 6) is 2.52. The molecule has 0 aliphatic rings. The Morgan fingerprint density at radius 2 is 1.55 bits per heavy atom. The van der Waals surface area contributed by atoms with E-state index in [1.165, 1.54) is 0 Å². The summed E-state index contributed by atoms with van der Waals surface area (Å²) in [6.07, 6.45) is 1.67.